The van der Waals surface area contributed by atoms with E-state index < -0.39 is 5.97 Å². The summed E-state index contributed by atoms with van der Waals surface area (Å²) >= 11 is 0. The van der Waals surface area contributed by atoms with E-state index in [0.29, 0.717) is 12.0 Å². The molecule has 1 aliphatic carbocycles. The number of aromatic nitrogens is 1. The van der Waals surface area contributed by atoms with Gasteiger partial charge in [0.1, 0.15) is 5.82 Å². The molecule has 176 valence electrons. The third-order valence-corrected chi connectivity index (χ3v) is 6.77. The minimum atomic E-state index is -0.840. The van der Waals surface area contributed by atoms with Gasteiger partial charge < -0.3 is 10.4 Å². The van der Waals surface area contributed by atoms with E-state index >= 15 is 0 Å². The summed E-state index contributed by atoms with van der Waals surface area (Å²) in [4.78, 5) is 28.5. The normalized spacial score (nSPS) is 14.6. The number of halogens is 1. The number of carbonyl (C=O) groups is 2. The molecule has 0 spiro atoms. The average molecular weight is 461 g/mol. The van der Waals surface area contributed by atoms with Crippen LogP contribution in [0.2, 0.25) is 0 Å². The van der Waals surface area contributed by atoms with Crippen LogP contribution in [0.4, 0.5) is 10.1 Å². The highest BCUT2D eigenvalue weighted by molar-refractivity contribution is 5.97. The van der Waals surface area contributed by atoms with Gasteiger partial charge in [-0.05, 0) is 66.5 Å². The number of rotatable bonds is 8. The van der Waals surface area contributed by atoms with E-state index in [1.165, 1.54) is 12.3 Å². The van der Waals surface area contributed by atoms with Crippen LogP contribution >= 0.6 is 0 Å². The molecule has 2 N–H and O–H groups in total. The molecule has 2 aromatic carbocycles. The van der Waals surface area contributed by atoms with E-state index in [1.54, 1.807) is 6.20 Å². The zero-order chi connectivity index (χ0) is 24.1. The Hall–Kier alpha value is -3.54. The number of carboxylic acid groups (broad SMARTS) is 1. The van der Waals surface area contributed by atoms with Crippen molar-refractivity contribution in [2.24, 2.45) is 5.92 Å². The molecule has 0 bridgehead atoms. The number of aliphatic carboxylic acids is 1. The monoisotopic (exact) mass is 460 g/mol. The van der Waals surface area contributed by atoms with Crippen LogP contribution in [-0.4, -0.2) is 22.0 Å². The highest BCUT2D eigenvalue weighted by Gasteiger charge is 2.32. The number of aryl methyl sites for hydroxylation is 1. The molecule has 34 heavy (non-hydrogen) atoms. The quantitative estimate of drug-likeness (QED) is 0.424. The first kappa shape index (κ1) is 23.6. The highest BCUT2D eigenvalue weighted by atomic mass is 19.1. The Kier molecular flexibility index (Phi) is 7.36. The predicted octanol–water partition coefficient (Wildman–Crippen LogP) is 6.13. The lowest BCUT2D eigenvalue weighted by atomic mass is 9.83. The first-order valence-electron chi connectivity index (χ1n) is 11.7. The molecule has 1 heterocycles. The molecular formula is C28H29FN2O3. The molecule has 1 saturated carbocycles. The van der Waals surface area contributed by atoms with Crippen molar-refractivity contribution in [3.8, 4) is 11.1 Å². The number of carbonyl (C=O) groups excluding carboxylic acids is 1. The second-order valence-corrected chi connectivity index (χ2v) is 9.01. The van der Waals surface area contributed by atoms with Gasteiger partial charge in [0.2, 0.25) is 5.91 Å². The van der Waals surface area contributed by atoms with Crippen molar-refractivity contribution in [2.75, 3.05) is 5.32 Å². The molecule has 0 aliphatic heterocycles. The van der Waals surface area contributed by atoms with E-state index in [9.17, 15) is 14.0 Å². The molecule has 0 radical (unpaired) electrons. The van der Waals surface area contributed by atoms with Crippen LogP contribution in [0.3, 0.4) is 0 Å². The van der Waals surface area contributed by atoms with Crippen molar-refractivity contribution in [1.82, 2.24) is 4.98 Å². The molecular weight excluding hydrogens is 431 g/mol. The van der Waals surface area contributed by atoms with E-state index in [1.807, 2.05) is 49.4 Å². The fourth-order valence-corrected chi connectivity index (χ4v) is 4.92. The van der Waals surface area contributed by atoms with Gasteiger partial charge in [-0.15, -0.1) is 0 Å². The van der Waals surface area contributed by atoms with Gasteiger partial charge >= 0.3 is 5.97 Å². The maximum atomic E-state index is 13.6. The average Bonchev–Trinajstić information content (AvgIpc) is 3.34. The third kappa shape index (κ3) is 5.50. The maximum Gasteiger partial charge on any atom is 0.303 e. The largest absolute Gasteiger partial charge is 0.481 e. The molecule has 0 saturated heterocycles. The predicted molar refractivity (Wildman–Crippen MR) is 130 cm³/mol. The molecule has 1 amide bonds. The second-order valence-electron chi connectivity index (χ2n) is 9.01. The van der Waals surface area contributed by atoms with Gasteiger partial charge in [0.15, 0.2) is 0 Å². The number of benzene rings is 2. The summed E-state index contributed by atoms with van der Waals surface area (Å²) in [6.45, 7) is 1.92. The van der Waals surface area contributed by atoms with Crippen LogP contribution in [0.5, 0.6) is 0 Å². The standard InChI is InChI=1S/C28H29FN2O3/c1-18-19(13-14-26(32)33)7-4-8-25(18)31-28(34)27(21-5-2-3-6-21)22-11-9-20(10-12-22)23-15-24(29)17-30-16-23/h4,7-12,15-17,21,27H,2-3,5-6,13-14H2,1H3,(H,31,34)(H,32,33). The van der Waals surface area contributed by atoms with Gasteiger partial charge in [-0.1, -0.05) is 49.2 Å². The van der Waals surface area contributed by atoms with Gasteiger partial charge in [0.25, 0.3) is 0 Å². The van der Waals surface area contributed by atoms with Crippen LogP contribution in [0.1, 0.15) is 54.7 Å². The molecule has 1 unspecified atom stereocenters. The Bertz CT molecular complexity index is 1170. The Morgan fingerprint density at radius 2 is 1.82 bits per heavy atom. The lowest BCUT2D eigenvalue weighted by molar-refractivity contribution is -0.137. The van der Waals surface area contributed by atoms with Gasteiger partial charge in [0.05, 0.1) is 12.1 Å². The van der Waals surface area contributed by atoms with Crippen molar-refractivity contribution in [1.29, 1.82) is 0 Å². The van der Waals surface area contributed by atoms with Crippen LogP contribution in [-0.2, 0) is 16.0 Å². The lowest BCUT2D eigenvalue weighted by Crippen LogP contribution is -2.27. The summed E-state index contributed by atoms with van der Waals surface area (Å²) in [5, 5.41) is 12.1. The Morgan fingerprint density at radius 1 is 1.09 bits per heavy atom. The van der Waals surface area contributed by atoms with E-state index in [0.717, 1.165) is 53.6 Å². The summed E-state index contributed by atoms with van der Waals surface area (Å²) in [5.74, 6) is -1.30. The fraction of sp³-hybridized carbons (Fsp3) is 0.321. The topological polar surface area (TPSA) is 79.3 Å². The van der Waals surface area contributed by atoms with Crippen molar-refractivity contribution in [3.63, 3.8) is 0 Å². The number of nitrogens with zero attached hydrogens (tertiary/aromatic N) is 1. The number of carboxylic acids is 1. The fourth-order valence-electron chi connectivity index (χ4n) is 4.92. The van der Waals surface area contributed by atoms with Crippen LogP contribution in [0.15, 0.2) is 60.9 Å². The first-order valence-corrected chi connectivity index (χ1v) is 11.7. The first-order chi connectivity index (χ1) is 16.4. The third-order valence-electron chi connectivity index (χ3n) is 6.77. The molecule has 4 rings (SSSR count). The van der Waals surface area contributed by atoms with E-state index in [4.69, 9.17) is 5.11 Å². The maximum absolute atomic E-state index is 13.6. The van der Waals surface area contributed by atoms with Crippen LogP contribution < -0.4 is 5.32 Å². The summed E-state index contributed by atoms with van der Waals surface area (Å²) in [6, 6.07) is 14.8. The Balaban J connectivity index is 1.58. The van der Waals surface area contributed by atoms with Gasteiger partial charge in [-0.3, -0.25) is 14.6 Å². The van der Waals surface area contributed by atoms with Crippen LogP contribution in [0, 0.1) is 18.7 Å². The van der Waals surface area contributed by atoms with Crippen LogP contribution in [0.25, 0.3) is 11.1 Å². The summed E-state index contributed by atoms with van der Waals surface area (Å²) in [6.07, 6.45) is 7.52. The molecule has 5 nitrogen and oxygen atoms in total. The van der Waals surface area contributed by atoms with Gasteiger partial charge in [0, 0.05) is 23.9 Å². The van der Waals surface area contributed by atoms with Crippen molar-refractivity contribution in [3.05, 3.63) is 83.4 Å². The highest BCUT2D eigenvalue weighted by Crippen LogP contribution is 2.39. The zero-order valence-electron chi connectivity index (χ0n) is 19.3. The SMILES string of the molecule is Cc1c(CCC(=O)O)cccc1NC(=O)C(c1ccc(-c2cncc(F)c2)cc1)C1CCCC1. The van der Waals surface area contributed by atoms with E-state index in [-0.39, 0.29) is 30.0 Å². The molecule has 1 atom stereocenters. The smallest absolute Gasteiger partial charge is 0.303 e. The number of nitrogens with one attached hydrogen (secondary N) is 1. The van der Waals surface area contributed by atoms with Crippen molar-refractivity contribution in [2.45, 2.75) is 51.4 Å². The van der Waals surface area contributed by atoms with Crippen molar-refractivity contribution < 1.29 is 19.1 Å². The number of amides is 1. The molecule has 1 aliphatic rings. The Morgan fingerprint density at radius 3 is 2.50 bits per heavy atom. The molecule has 1 fully saturated rings. The summed E-state index contributed by atoms with van der Waals surface area (Å²) < 4.78 is 13.6. The lowest BCUT2D eigenvalue weighted by Gasteiger charge is -2.24. The van der Waals surface area contributed by atoms with Gasteiger partial charge in [-0.25, -0.2) is 4.39 Å². The number of pyridine rings is 1. The van der Waals surface area contributed by atoms with E-state index in [2.05, 4.69) is 10.3 Å². The summed E-state index contributed by atoms with van der Waals surface area (Å²) in [7, 11) is 0. The zero-order valence-corrected chi connectivity index (χ0v) is 19.3. The van der Waals surface area contributed by atoms with Gasteiger partial charge in [-0.2, -0.15) is 0 Å². The molecule has 1 aromatic heterocycles. The minimum absolute atomic E-state index is 0.0504. The Labute approximate surface area is 199 Å². The summed E-state index contributed by atoms with van der Waals surface area (Å²) in [5.41, 5.74) is 5.03. The van der Waals surface area contributed by atoms with Crippen molar-refractivity contribution >= 4 is 17.6 Å². The molecule has 6 heteroatoms. The second kappa shape index (κ2) is 10.6. The molecule has 3 aromatic rings. The number of anilines is 1. The minimum Gasteiger partial charge on any atom is -0.481 e. The number of hydrogen-bond acceptors (Lipinski definition) is 3. The number of hydrogen-bond donors (Lipinski definition) is 2.